The van der Waals surface area contributed by atoms with E-state index in [0.717, 1.165) is 23.5 Å². The van der Waals surface area contributed by atoms with E-state index in [-0.39, 0.29) is 0 Å². The molecule has 3 rings (SSSR count). The Balaban J connectivity index is 1.88. The predicted molar refractivity (Wildman–Crippen MR) is 117 cm³/mol. The highest BCUT2D eigenvalue weighted by Crippen LogP contribution is 2.21. The van der Waals surface area contributed by atoms with Crippen molar-refractivity contribution in [3.8, 4) is 11.1 Å². The maximum atomic E-state index is 4.51. The van der Waals surface area contributed by atoms with Gasteiger partial charge in [-0.1, -0.05) is 91.9 Å². The standard InChI is InChI=1S/C25H26N2/c1-4-19(2)24(22-13-9-6-10-14-22)27-25(26-3)23-17-15-21(16-18-23)20-11-7-5-8-12-20/h5-18H,4H2,1-3H3,(H,26,27)/b24-19+. The van der Waals surface area contributed by atoms with E-state index in [1.807, 2.05) is 19.2 Å². The van der Waals surface area contributed by atoms with Crippen LogP contribution in [0.1, 0.15) is 31.4 Å². The third-order valence-electron chi connectivity index (χ3n) is 4.75. The number of nitrogens with one attached hydrogen (secondary N) is 1. The summed E-state index contributed by atoms with van der Waals surface area (Å²) in [6.45, 7) is 4.35. The second kappa shape index (κ2) is 9.00. The number of aliphatic imine (C=N–C) groups is 1. The summed E-state index contributed by atoms with van der Waals surface area (Å²) < 4.78 is 0. The van der Waals surface area contributed by atoms with Gasteiger partial charge in [0.2, 0.25) is 0 Å². The fraction of sp³-hybridized carbons (Fsp3) is 0.160. The molecule has 0 saturated carbocycles. The number of hydrogen-bond donors (Lipinski definition) is 1. The summed E-state index contributed by atoms with van der Waals surface area (Å²) in [5.41, 5.74) is 7.12. The molecule has 0 bridgehead atoms. The Hall–Kier alpha value is -3.13. The van der Waals surface area contributed by atoms with Crippen molar-refractivity contribution in [2.24, 2.45) is 4.99 Å². The number of allylic oxidation sites excluding steroid dienone is 1. The first-order valence-electron chi connectivity index (χ1n) is 9.37. The number of benzene rings is 3. The molecule has 0 heterocycles. The average molecular weight is 354 g/mol. The Kier molecular flexibility index (Phi) is 6.22. The Bertz CT molecular complexity index is 921. The van der Waals surface area contributed by atoms with Gasteiger partial charge in [0, 0.05) is 18.3 Å². The van der Waals surface area contributed by atoms with Crippen molar-refractivity contribution < 1.29 is 0 Å². The number of hydrogen-bond acceptors (Lipinski definition) is 1. The molecule has 1 N–H and O–H groups in total. The lowest BCUT2D eigenvalue weighted by atomic mass is 10.0. The lowest BCUT2D eigenvalue weighted by molar-refractivity contribution is 1.07. The Morgan fingerprint density at radius 3 is 1.85 bits per heavy atom. The molecule has 2 heteroatoms. The van der Waals surface area contributed by atoms with E-state index in [4.69, 9.17) is 0 Å². The van der Waals surface area contributed by atoms with Gasteiger partial charge in [-0.15, -0.1) is 0 Å². The summed E-state index contributed by atoms with van der Waals surface area (Å²) in [5, 5.41) is 3.58. The molecule has 0 amide bonds. The lowest BCUT2D eigenvalue weighted by Crippen LogP contribution is -2.24. The van der Waals surface area contributed by atoms with Crippen molar-refractivity contribution in [2.45, 2.75) is 20.3 Å². The van der Waals surface area contributed by atoms with Crippen LogP contribution in [0.4, 0.5) is 0 Å². The number of amidine groups is 1. The quantitative estimate of drug-likeness (QED) is 0.430. The van der Waals surface area contributed by atoms with Gasteiger partial charge >= 0.3 is 0 Å². The van der Waals surface area contributed by atoms with Crippen LogP contribution in [-0.4, -0.2) is 12.9 Å². The van der Waals surface area contributed by atoms with Crippen molar-refractivity contribution in [1.29, 1.82) is 0 Å². The summed E-state index contributed by atoms with van der Waals surface area (Å²) >= 11 is 0. The molecule has 0 aliphatic rings. The zero-order valence-electron chi connectivity index (χ0n) is 16.2. The van der Waals surface area contributed by atoms with Crippen LogP contribution >= 0.6 is 0 Å². The normalized spacial score (nSPS) is 12.5. The van der Waals surface area contributed by atoms with E-state index in [2.05, 4.69) is 97.0 Å². The predicted octanol–water partition coefficient (Wildman–Crippen LogP) is 6.16. The van der Waals surface area contributed by atoms with Crippen molar-refractivity contribution >= 4 is 11.5 Å². The van der Waals surface area contributed by atoms with Gasteiger partial charge in [0.05, 0.1) is 0 Å². The summed E-state index contributed by atoms with van der Waals surface area (Å²) in [4.78, 5) is 4.51. The van der Waals surface area contributed by atoms with E-state index in [9.17, 15) is 0 Å². The van der Waals surface area contributed by atoms with Gasteiger partial charge < -0.3 is 5.32 Å². The first kappa shape index (κ1) is 18.7. The third-order valence-corrected chi connectivity index (χ3v) is 4.75. The minimum absolute atomic E-state index is 0.876. The number of nitrogens with zero attached hydrogens (tertiary/aromatic N) is 1. The van der Waals surface area contributed by atoms with Gasteiger partial charge in [0.15, 0.2) is 0 Å². The lowest BCUT2D eigenvalue weighted by Gasteiger charge is -2.17. The molecule has 27 heavy (non-hydrogen) atoms. The Labute approximate surface area is 162 Å². The van der Waals surface area contributed by atoms with Crippen LogP contribution in [0.15, 0.2) is 95.5 Å². The molecule has 136 valence electrons. The van der Waals surface area contributed by atoms with Crippen LogP contribution in [0.5, 0.6) is 0 Å². The van der Waals surface area contributed by atoms with E-state index < -0.39 is 0 Å². The molecule has 0 aliphatic heterocycles. The summed E-state index contributed by atoms with van der Waals surface area (Å²) in [6.07, 6.45) is 0.987. The van der Waals surface area contributed by atoms with Crippen LogP contribution in [0.25, 0.3) is 16.8 Å². The highest BCUT2D eigenvalue weighted by molar-refractivity contribution is 6.04. The van der Waals surface area contributed by atoms with Crippen LogP contribution in [0.2, 0.25) is 0 Å². The summed E-state index contributed by atoms with van der Waals surface area (Å²) in [6, 6.07) is 29.4. The van der Waals surface area contributed by atoms with E-state index in [1.165, 1.54) is 22.3 Å². The van der Waals surface area contributed by atoms with Gasteiger partial charge in [-0.2, -0.15) is 0 Å². The van der Waals surface area contributed by atoms with Crippen LogP contribution < -0.4 is 5.32 Å². The van der Waals surface area contributed by atoms with Gasteiger partial charge in [-0.05, 0) is 35.6 Å². The highest BCUT2D eigenvalue weighted by atomic mass is 15.0. The van der Waals surface area contributed by atoms with E-state index >= 15 is 0 Å². The Morgan fingerprint density at radius 1 is 0.741 bits per heavy atom. The molecule has 0 aliphatic carbocycles. The molecule has 0 saturated heterocycles. The van der Waals surface area contributed by atoms with Crippen molar-refractivity contribution in [3.05, 3.63) is 102 Å². The molecule has 3 aromatic carbocycles. The van der Waals surface area contributed by atoms with Gasteiger partial charge in [-0.25, -0.2) is 0 Å². The fourth-order valence-electron chi connectivity index (χ4n) is 3.03. The molecule has 0 unspecified atom stereocenters. The van der Waals surface area contributed by atoms with Crippen molar-refractivity contribution in [2.75, 3.05) is 7.05 Å². The molecule has 0 radical (unpaired) electrons. The topological polar surface area (TPSA) is 24.4 Å². The minimum Gasteiger partial charge on any atom is -0.340 e. The zero-order valence-corrected chi connectivity index (χ0v) is 16.2. The minimum atomic E-state index is 0.876. The van der Waals surface area contributed by atoms with E-state index in [0.29, 0.717) is 0 Å². The molecule has 0 spiro atoms. The van der Waals surface area contributed by atoms with Gasteiger partial charge in [0.1, 0.15) is 5.84 Å². The van der Waals surface area contributed by atoms with Gasteiger partial charge in [-0.3, -0.25) is 4.99 Å². The molecule has 0 aromatic heterocycles. The first-order chi connectivity index (χ1) is 13.2. The molecular formula is C25H26N2. The molecule has 2 nitrogen and oxygen atoms in total. The van der Waals surface area contributed by atoms with Crippen LogP contribution in [0.3, 0.4) is 0 Å². The molecule has 0 atom stereocenters. The summed E-state index contributed by atoms with van der Waals surface area (Å²) in [5.74, 6) is 0.876. The number of rotatable bonds is 5. The molecular weight excluding hydrogens is 328 g/mol. The van der Waals surface area contributed by atoms with E-state index in [1.54, 1.807) is 0 Å². The second-order valence-electron chi connectivity index (χ2n) is 6.52. The first-order valence-corrected chi connectivity index (χ1v) is 9.37. The zero-order chi connectivity index (χ0) is 19.1. The second-order valence-corrected chi connectivity index (χ2v) is 6.52. The van der Waals surface area contributed by atoms with Gasteiger partial charge in [0.25, 0.3) is 0 Å². The van der Waals surface area contributed by atoms with Crippen molar-refractivity contribution in [3.63, 3.8) is 0 Å². The third kappa shape index (κ3) is 4.53. The summed E-state index contributed by atoms with van der Waals surface area (Å²) in [7, 11) is 1.83. The van der Waals surface area contributed by atoms with Crippen molar-refractivity contribution in [1.82, 2.24) is 5.32 Å². The largest absolute Gasteiger partial charge is 0.340 e. The molecule has 0 fully saturated rings. The SMILES string of the molecule is CC/C(C)=C(/NC(=NC)c1ccc(-c2ccccc2)cc1)c1ccccc1. The fourth-order valence-corrected chi connectivity index (χ4v) is 3.03. The van der Waals surface area contributed by atoms with Crippen LogP contribution in [-0.2, 0) is 0 Å². The monoisotopic (exact) mass is 354 g/mol. The highest BCUT2D eigenvalue weighted by Gasteiger charge is 2.10. The smallest absolute Gasteiger partial charge is 0.132 e. The maximum Gasteiger partial charge on any atom is 0.132 e. The Morgan fingerprint density at radius 2 is 1.30 bits per heavy atom. The molecule has 3 aromatic rings. The maximum absolute atomic E-state index is 4.51. The van der Waals surface area contributed by atoms with Crippen LogP contribution in [0, 0.1) is 0 Å². The average Bonchev–Trinajstić information content (AvgIpc) is 2.75.